The number of hydroxylamine groups is 2. The molecule has 4 rings (SSSR count). The number of benzene rings is 3. The SMILES string of the molecule is Fc1ccc(C2=CC(c3ccccc3)N(Cc3ccccc3)O2)cc1. The highest BCUT2D eigenvalue weighted by atomic mass is 19.1. The third kappa shape index (κ3) is 3.47. The molecule has 0 saturated carbocycles. The molecule has 124 valence electrons. The van der Waals surface area contributed by atoms with Crippen LogP contribution < -0.4 is 0 Å². The fraction of sp³-hybridized carbons (Fsp3) is 0.0909. The van der Waals surface area contributed by atoms with Crippen molar-refractivity contribution in [2.45, 2.75) is 12.6 Å². The van der Waals surface area contributed by atoms with Crippen LogP contribution >= 0.6 is 0 Å². The third-order valence-electron chi connectivity index (χ3n) is 4.29. The van der Waals surface area contributed by atoms with Crippen LogP contribution in [0.4, 0.5) is 4.39 Å². The monoisotopic (exact) mass is 331 g/mol. The maximum atomic E-state index is 13.2. The first-order valence-electron chi connectivity index (χ1n) is 8.31. The summed E-state index contributed by atoms with van der Waals surface area (Å²) in [7, 11) is 0. The third-order valence-corrected chi connectivity index (χ3v) is 4.29. The Labute approximate surface area is 146 Å². The van der Waals surface area contributed by atoms with E-state index in [2.05, 4.69) is 30.3 Å². The van der Waals surface area contributed by atoms with Crippen molar-refractivity contribution < 1.29 is 9.23 Å². The highest BCUT2D eigenvalue weighted by molar-refractivity contribution is 5.62. The highest BCUT2D eigenvalue weighted by Crippen LogP contribution is 2.36. The van der Waals surface area contributed by atoms with Gasteiger partial charge in [-0.2, -0.15) is 0 Å². The van der Waals surface area contributed by atoms with Crippen LogP contribution in [0.5, 0.6) is 0 Å². The molecule has 25 heavy (non-hydrogen) atoms. The minimum atomic E-state index is -0.247. The van der Waals surface area contributed by atoms with Crippen molar-refractivity contribution in [3.8, 4) is 0 Å². The van der Waals surface area contributed by atoms with E-state index in [9.17, 15) is 4.39 Å². The van der Waals surface area contributed by atoms with Crippen molar-refractivity contribution in [3.63, 3.8) is 0 Å². The summed E-state index contributed by atoms with van der Waals surface area (Å²) in [6.07, 6.45) is 2.09. The quantitative estimate of drug-likeness (QED) is 0.638. The minimum absolute atomic E-state index is 0.0152. The predicted octanol–water partition coefficient (Wildman–Crippen LogP) is 5.36. The molecule has 1 aliphatic rings. The molecule has 2 nitrogen and oxygen atoms in total. The molecular formula is C22H18FNO. The normalized spacial score (nSPS) is 17.2. The topological polar surface area (TPSA) is 12.5 Å². The predicted molar refractivity (Wildman–Crippen MR) is 96.6 cm³/mol. The van der Waals surface area contributed by atoms with E-state index in [1.807, 2.05) is 41.5 Å². The number of nitrogens with zero attached hydrogens (tertiary/aromatic N) is 1. The molecule has 0 N–H and O–H groups in total. The van der Waals surface area contributed by atoms with Crippen LogP contribution in [-0.2, 0) is 11.4 Å². The van der Waals surface area contributed by atoms with Crippen LogP contribution in [0, 0.1) is 5.82 Å². The Balaban J connectivity index is 1.65. The molecular weight excluding hydrogens is 313 g/mol. The smallest absolute Gasteiger partial charge is 0.152 e. The fourth-order valence-corrected chi connectivity index (χ4v) is 3.01. The molecule has 3 heteroatoms. The Morgan fingerprint density at radius 3 is 2.12 bits per heavy atom. The Kier molecular flexibility index (Phi) is 4.32. The summed E-state index contributed by atoms with van der Waals surface area (Å²) in [5.74, 6) is 0.507. The van der Waals surface area contributed by atoms with Crippen LogP contribution in [0.25, 0.3) is 5.76 Å². The number of hydrogen-bond donors (Lipinski definition) is 0. The molecule has 0 bridgehead atoms. The summed E-state index contributed by atoms with van der Waals surface area (Å²) in [6.45, 7) is 0.668. The summed E-state index contributed by atoms with van der Waals surface area (Å²) in [4.78, 5) is 6.13. The molecule has 0 fully saturated rings. The Morgan fingerprint density at radius 2 is 1.44 bits per heavy atom. The lowest BCUT2D eigenvalue weighted by molar-refractivity contribution is -0.101. The maximum Gasteiger partial charge on any atom is 0.152 e. The Bertz CT molecular complexity index is 860. The molecule has 0 aromatic heterocycles. The molecule has 3 aromatic carbocycles. The van der Waals surface area contributed by atoms with Gasteiger partial charge in [-0.25, -0.2) is 4.39 Å². The lowest BCUT2D eigenvalue weighted by Gasteiger charge is -2.23. The summed E-state index contributed by atoms with van der Waals surface area (Å²) in [5, 5.41) is 1.96. The van der Waals surface area contributed by atoms with Crippen molar-refractivity contribution in [1.82, 2.24) is 5.06 Å². The zero-order valence-electron chi connectivity index (χ0n) is 13.7. The molecule has 3 aromatic rings. The van der Waals surface area contributed by atoms with Gasteiger partial charge in [0.25, 0.3) is 0 Å². The summed E-state index contributed by atoms with van der Waals surface area (Å²) in [6, 6.07) is 26.9. The number of rotatable bonds is 4. The summed E-state index contributed by atoms with van der Waals surface area (Å²) in [5.41, 5.74) is 3.21. The summed E-state index contributed by atoms with van der Waals surface area (Å²) >= 11 is 0. The zero-order valence-corrected chi connectivity index (χ0v) is 13.7. The molecule has 0 amide bonds. The van der Waals surface area contributed by atoms with Gasteiger partial charge in [0.2, 0.25) is 0 Å². The van der Waals surface area contributed by atoms with E-state index in [0.717, 1.165) is 16.9 Å². The van der Waals surface area contributed by atoms with Gasteiger partial charge in [-0.15, -0.1) is 5.06 Å². The van der Waals surface area contributed by atoms with Crippen molar-refractivity contribution >= 4 is 5.76 Å². The fourth-order valence-electron chi connectivity index (χ4n) is 3.01. The van der Waals surface area contributed by atoms with Crippen molar-refractivity contribution in [2.24, 2.45) is 0 Å². The van der Waals surface area contributed by atoms with E-state index in [1.165, 1.54) is 17.7 Å². The lowest BCUT2D eigenvalue weighted by atomic mass is 10.0. The Hall–Kier alpha value is -2.91. The molecule has 0 aliphatic carbocycles. The lowest BCUT2D eigenvalue weighted by Crippen LogP contribution is -2.22. The first-order valence-corrected chi connectivity index (χ1v) is 8.31. The molecule has 1 heterocycles. The van der Waals surface area contributed by atoms with E-state index in [-0.39, 0.29) is 11.9 Å². The second kappa shape index (κ2) is 6.91. The molecule has 1 unspecified atom stereocenters. The van der Waals surface area contributed by atoms with Gasteiger partial charge in [0.1, 0.15) is 5.82 Å². The minimum Gasteiger partial charge on any atom is -0.404 e. The molecule has 0 radical (unpaired) electrons. The van der Waals surface area contributed by atoms with Gasteiger partial charge in [-0.3, -0.25) is 0 Å². The molecule has 0 spiro atoms. The second-order valence-corrected chi connectivity index (χ2v) is 6.05. The van der Waals surface area contributed by atoms with Crippen molar-refractivity contribution in [3.05, 3.63) is 114 Å². The number of hydrogen-bond acceptors (Lipinski definition) is 2. The first kappa shape index (κ1) is 15.6. The van der Waals surface area contributed by atoms with Crippen LogP contribution in [-0.4, -0.2) is 5.06 Å². The van der Waals surface area contributed by atoms with Gasteiger partial charge in [0.05, 0.1) is 12.6 Å². The standard InChI is InChI=1S/C22H18FNO/c23-20-13-11-19(12-14-20)22-15-21(18-9-5-2-6-10-18)24(25-22)16-17-7-3-1-4-8-17/h1-15,21H,16H2. The van der Waals surface area contributed by atoms with Gasteiger partial charge in [-0.1, -0.05) is 60.7 Å². The van der Waals surface area contributed by atoms with Crippen LogP contribution in [0.3, 0.4) is 0 Å². The Morgan fingerprint density at radius 1 is 0.800 bits per heavy atom. The van der Waals surface area contributed by atoms with Crippen LogP contribution in [0.2, 0.25) is 0 Å². The van der Waals surface area contributed by atoms with E-state index < -0.39 is 0 Å². The largest absolute Gasteiger partial charge is 0.404 e. The number of halogens is 1. The summed E-state index contributed by atoms with van der Waals surface area (Å²) < 4.78 is 13.2. The molecule has 1 aliphatic heterocycles. The zero-order chi connectivity index (χ0) is 17.1. The average Bonchev–Trinajstić information content (AvgIpc) is 3.08. The van der Waals surface area contributed by atoms with E-state index in [1.54, 1.807) is 12.1 Å². The second-order valence-electron chi connectivity index (χ2n) is 6.05. The highest BCUT2D eigenvalue weighted by Gasteiger charge is 2.29. The van der Waals surface area contributed by atoms with Gasteiger partial charge in [-0.05, 0) is 41.5 Å². The molecule has 1 atom stereocenters. The van der Waals surface area contributed by atoms with Gasteiger partial charge < -0.3 is 4.84 Å². The van der Waals surface area contributed by atoms with Gasteiger partial charge in [0, 0.05) is 5.56 Å². The van der Waals surface area contributed by atoms with Gasteiger partial charge in [0.15, 0.2) is 5.76 Å². The molecule has 0 saturated heterocycles. The van der Waals surface area contributed by atoms with Gasteiger partial charge >= 0.3 is 0 Å². The average molecular weight is 331 g/mol. The van der Waals surface area contributed by atoms with E-state index in [4.69, 9.17) is 4.84 Å². The van der Waals surface area contributed by atoms with Crippen molar-refractivity contribution in [1.29, 1.82) is 0 Å². The van der Waals surface area contributed by atoms with E-state index in [0.29, 0.717) is 6.54 Å². The maximum absolute atomic E-state index is 13.2. The van der Waals surface area contributed by atoms with Crippen LogP contribution in [0.1, 0.15) is 22.7 Å². The van der Waals surface area contributed by atoms with E-state index >= 15 is 0 Å². The van der Waals surface area contributed by atoms with Crippen LogP contribution in [0.15, 0.2) is 91.0 Å². The first-order chi connectivity index (χ1) is 12.3. The van der Waals surface area contributed by atoms with Crippen molar-refractivity contribution in [2.75, 3.05) is 0 Å².